The first-order chi connectivity index (χ1) is 12.4. The van der Waals surface area contributed by atoms with E-state index in [1.807, 2.05) is 77.5 Å². The van der Waals surface area contributed by atoms with Crippen molar-refractivity contribution in [1.29, 1.82) is 0 Å². The number of anilines is 2. The maximum atomic E-state index is 6.13. The van der Waals surface area contributed by atoms with Crippen LogP contribution in [-0.2, 0) is 6.54 Å². The van der Waals surface area contributed by atoms with Crippen LogP contribution in [0.5, 0.6) is 0 Å². The van der Waals surface area contributed by atoms with Crippen molar-refractivity contribution in [3.05, 3.63) is 103 Å². The summed E-state index contributed by atoms with van der Waals surface area (Å²) in [6.45, 7) is 0.669. The molecule has 26 heavy (non-hydrogen) atoms. The fourth-order valence-electron chi connectivity index (χ4n) is 2.76. The number of nitrogens with zero attached hydrogens (tertiary/aromatic N) is 1. The molecule has 0 aliphatic heterocycles. The Morgan fingerprint density at radius 1 is 0.731 bits per heavy atom. The molecule has 4 rings (SSSR count). The van der Waals surface area contributed by atoms with Gasteiger partial charge in [0.15, 0.2) is 12.3 Å². The molecule has 0 fully saturated rings. The standard InChI is InChI=1S/C22H18N2O.ClH/c1-4-10-18(11-5-1)17-24-22(23-20-14-8-3-9-15-20)16-21(25-24)19-12-6-2-7-13-19;/h1-16H,17H2;1H. The average Bonchev–Trinajstić information content (AvgIpc) is 3.06. The Labute approximate surface area is 159 Å². The summed E-state index contributed by atoms with van der Waals surface area (Å²) < 4.78 is 8.02. The first-order valence-corrected chi connectivity index (χ1v) is 8.34. The lowest BCUT2D eigenvalue weighted by molar-refractivity contribution is -0.844. The summed E-state index contributed by atoms with van der Waals surface area (Å²) >= 11 is 0. The van der Waals surface area contributed by atoms with Crippen LogP contribution in [0.2, 0.25) is 0 Å². The normalized spacial score (nSPS) is 10.2. The van der Waals surface area contributed by atoms with Gasteiger partial charge in [0.05, 0.1) is 6.07 Å². The molecule has 0 unspecified atom stereocenters. The largest absolute Gasteiger partial charge is 1.00 e. The van der Waals surface area contributed by atoms with E-state index in [2.05, 4.69) is 29.6 Å². The Hall–Kier alpha value is -3.04. The second-order valence-electron chi connectivity index (χ2n) is 5.86. The summed E-state index contributed by atoms with van der Waals surface area (Å²) in [5.74, 6) is 1.77. The lowest BCUT2D eigenvalue weighted by Crippen LogP contribution is -3.00. The van der Waals surface area contributed by atoms with E-state index in [1.165, 1.54) is 5.56 Å². The smallest absolute Gasteiger partial charge is 0.318 e. The van der Waals surface area contributed by atoms with E-state index >= 15 is 0 Å². The molecule has 1 aromatic heterocycles. The fourth-order valence-corrected chi connectivity index (χ4v) is 2.76. The highest BCUT2D eigenvalue weighted by Gasteiger charge is 2.19. The molecule has 0 aliphatic carbocycles. The van der Waals surface area contributed by atoms with Gasteiger partial charge in [-0.3, -0.25) is 0 Å². The number of hydrogen-bond acceptors (Lipinski definition) is 2. The summed E-state index contributed by atoms with van der Waals surface area (Å²) in [4.78, 5) is 0. The third-order valence-corrected chi connectivity index (χ3v) is 4.02. The molecule has 1 heterocycles. The van der Waals surface area contributed by atoms with Crippen LogP contribution in [0.25, 0.3) is 11.3 Å². The minimum Gasteiger partial charge on any atom is -1.00 e. The molecule has 4 aromatic rings. The van der Waals surface area contributed by atoms with Crippen molar-refractivity contribution in [3.63, 3.8) is 0 Å². The van der Waals surface area contributed by atoms with E-state index in [4.69, 9.17) is 4.52 Å². The van der Waals surface area contributed by atoms with Crippen LogP contribution in [0.3, 0.4) is 0 Å². The van der Waals surface area contributed by atoms with Crippen molar-refractivity contribution < 1.29 is 21.7 Å². The SMILES string of the molecule is [Cl-].c1ccc(C[n+]2oc(-c3ccccc3)cc2Nc2ccccc2)cc1. The van der Waals surface area contributed by atoms with Crippen molar-refractivity contribution in [1.82, 2.24) is 0 Å². The molecule has 3 nitrogen and oxygen atoms in total. The maximum Gasteiger partial charge on any atom is 0.318 e. The molecule has 0 radical (unpaired) electrons. The molecule has 4 heteroatoms. The quantitative estimate of drug-likeness (QED) is 0.550. The lowest BCUT2D eigenvalue weighted by atomic mass is 10.2. The number of benzene rings is 3. The van der Waals surface area contributed by atoms with Gasteiger partial charge in [-0.2, -0.15) is 0 Å². The van der Waals surface area contributed by atoms with Crippen LogP contribution >= 0.6 is 0 Å². The Balaban J connectivity index is 0.00000196. The maximum absolute atomic E-state index is 6.13. The Bertz CT molecular complexity index is 879. The molecule has 0 atom stereocenters. The highest BCUT2D eigenvalue weighted by Crippen LogP contribution is 2.23. The van der Waals surface area contributed by atoms with Crippen molar-refractivity contribution in [2.75, 3.05) is 5.32 Å². The molecular formula is C22H19ClN2O. The van der Waals surface area contributed by atoms with Crippen molar-refractivity contribution >= 4 is 11.5 Å². The van der Waals surface area contributed by atoms with Crippen LogP contribution in [0, 0.1) is 0 Å². The van der Waals surface area contributed by atoms with E-state index in [0.29, 0.717) is 6.54 Å². The van der Waals surface area contributed by atoms with Gasteiger partial charge in [0.1, 0.15) is 5.69 Å². The lowest BCUT2D eigenvalue weighted by Gasteiger charge is -2.00. The molecular weight excluding hydrogens is 344 g/mol. The summed E-state index contributed by atoms with van der Waals surface area (Å²) in [5, 5.41) is 3.45. The van der Waals surface area contributed by atoms with Gasteiger partial charge in [-0.1, -0.05) is 83.6 Å². The highest BCUT2D eigenvalue weighted by atomic mass is 35.5. The zero-order valence-electron chi connectivity index (χ0n) is 14.2. The first-order valence-electron chi connectivity index (χ1n) is 8.34. The molecule has 0 saturated carbocycles. The molecule has 130 valence electrons. The van der Waals surface area contributed by atoms with Gasteiger partial charge in [-0.25, -0.2) is 5.32 Å². The van der Waals surface area contributed by atoms with Crippen LogP contribution in [-0.4, -0.2) is 0 Å². The van der Waals surface area contributed by atoms with E-state index < -0.39 is 0 Å². The number of nitrogens with one attached hydrogen (secondary N) is 1. The Morgan fingerprint density at radius 2 is 1.31 bits per heavy atom. The number of para-hydroxylation sites is 1. The van der Waals surface area contributed by atoms with Gasteiger partial charge in [-0.15, -0.1) is 0 Å². The minimum atomic E-state index is 0. The van der Waals surface area contributed by atoms with E-state index in [9.17, 15) is 0 Å². The van der Waals surface area contributed by atoms with Gasteiger partial charge in [-0.05, 0) is 17.7 Å². The van der Waals surface area contributed by atoms with Gasteiger partial charge >= 0.3 is 5.82 Å². The van der Waals surface area contributed by atoms with E-state index in [0.717, 1.165) is 22.8 Å². The van der Waals surface area contributed by atoms with E-state index in [1.54, 1.807) is 0 Å². The van der Waals surface area contributed by atoms with Gasteiger partial charge in [0.2, 0.25) is 0 Å². The van der Waals surface area contributed by atoms with Crippen LogP contribution in [0.4, 0.5) is 11.5 Å². The van der Waals surface area contributed by atoms with Gasteiger partial charge < -0.3 is 16.9 Å². The van der Waals surface area contributed by atoms with Crippen LogP contribution < -0.4 is 22.5 Å². The zero-order chi connectivity index (χ0) is 16.9. The fraction of sp³-hybridized carbons (Fsp3) is 0.0455. The molecule has 0 bridgehead atoms. The third kappa shape index (κ3) is 4.13. The zero-order valence-corrected chi connectivity index (χ0v) is 14.9. The van der Waals surface area contributed by atoms with Gasteiger partial charge in [0.25, 0.3) is 0 Å². The summed E-state index contributed by atoms with van der Waals surface area (Å²) in [7, 11) is 0. The molecule has 0 saturated heterocycles. The number of aromatic nitrogens is 1. The van der Waals surface area contributed by atoms with Crippen molar-refractivity contribution in [3.8, 4) is 11.3 Å². The summed E-state index contributed by atoms with van der Waals surface area (Å²) in [6, 6.07) is 32.6. The molecule has 0 aliphatic rings. The topological polar surface area (TPSA) is 29.0 Å². The Morgan fingerprint density at radius 3 is 1.96 bits per heavy atom. The molecule has 1 N–H and O–H groups in total. The number of halogens is 1. The predicted octanol–water partition coefficient (Wildman–Crippen LogP) is 2.03. The van der Waals surface area contributed by atoms with Crippen LogP contribution in [0.1, 0.15) is 5.56 Å². The Kier molecular flexibility index (Phi) is 5.72. The highest BCUT2D eigenvalue weighted by molar-refractivity contribution is 5.62. The minimum absolute atomic E-state index is 0. The summed E-state index contributed by atoms with van der Waals surface area (Å²) in [6.07, 6.45) is 0. The molecule has 0 spiro atoms. The second kappa shape index (κ2) is 8.37. The monoisotopic (exact) mass is 362 g/mol. The summed E-state index contributed by atoms with van der Waals surface area (Å²) in [5.41, 5.74) is 3.28. The van der Waals surface area contributed by atoms with Crippen molar-refractivity contribution in [2.24, 2.45) is 0 Å². The van der Waals surface area contributed by atoms with E-state index in [-0.39, 0.29) is 12.4 Å². The van der Waals surface area contributed by atoms with Crippen LogP contribution in [0.15, 0.2) is 102 Å². The second-order valence-corrected chi connectivity index (χ2v) is 5.86. The third-order valence-electron chi connectivity index (χ3n) is 4.02. The first kappa shape index (κ1) is 17.8. The average molecular weight is 363 g/mol. The number of hydrogen-bond donors (Lipinski definition) is 1. The van der Waals surface area contributed by atoms with Crippen molar-refractivity contribution in [2.45, 2.75) is 6.54 Å². The molecule has 3 aromatic carbocycles. The number of rotatable bonds is 5. The molecule has 0 amide bonds. The van der Waals surface area contributed by atoms with Gasteiger partial charge in [0, 0.05) is 5.56 Å². The predicted molar refractivity (Wildman–Crippen MR) is 99.6 cm³/mol.